The van der Waals surface area contributed by atoms with E-state index in [9.17, 15) is 4.79 Å². The first-order valence-corrected chi connectivity index (χ1v) is 11.5. The molecule has 0 fully saturated rings. The Balaban J connectivity index is 1.48. The van der Waals surface area contributed by atoms with Gasteiger partial charge >= 0.3 is 0 Å². The molecule has 170 valence electrons. The Morgan fingerprint density at radius 1 is 0.971 bits per heavy atom. The number of carbonyl (C=O) groups excluding carboxylic acids is 1. The van der Waals surface area contributed by atoms with E-state index in [-0.39, 0.29) is 5.91 Å². The van der Waals surface area contributed by atoms with Crippen LogP contribution in [0, 0.1) is 0 Å². The Bertz CT molecular complexity index is 1640. The molecule has 0 radical (unpaired) electrons. The van der Waals surface area contributed by atoms with Crippen molar-refractivity contribution in [3.8, 4) is 11.4 Å². The van der Waals surface area contributed by atoms with Gasteiger partial charge in [-0.3, -0.25) is 9.78 Å². The third kappa shape index (κ3) is 3.84. The van der Waals surface area contributed by atoms with Gasteiger partial charge in [0.05, 0.1) is 22.5 Å². The van der Waals surface area contributed by atoms with Crippen LogP contribution in [0.1, 0.15) is 11.1 Å². The molecule has 6 nitrogen and oxygen atoms in total. The van der Waals surface area contributed by atoms with E-state index in [0.717, 1.165) is 39.1 Å². The van der Waals surface area contributed by atoms with E-state index in [4.69, 9.17) is 11.6 Å². The van der Waals surface area contributed by atoms with Crippen LogP contribution in [0.3, 0.4) is 0 Å². The predicted molar refractivity (Wildman–Crippen MR) is 141 cm³/mol. The Kier molecular flexibility index (Phi) is 5.08. The van der Waals surface area contributed by atoms with Crippen molar-refractivity contribution in [1.29, 1.82) is 0 Å². The van der Waals surface area contributed by atoms with Crippen LogP contribution in [-0.2, 0) is 11.8 Å². The topological polar surface area (TPSA) is 71.8 Å². The van der Waals surface area contributed by atoms with Gasteiger partial charge in [-0.2, -0.15) is 0 Å². The number of fused-ring (bicyclic) bond motifs is 2. The summed E-state index contributed by atoms with van der Waals surface area (Å²) < 4.78 is 1.98. The molecule has 7 heteroatoms. The minimum absolute atomic E-state index is 0.185. The molecule has 3 heterocycles. The van der Waals surface area contributed by atoms with Crippen molar-refractivity contribution in [1.82, 2.24) is 14.5 Å². The zero-order valence-electron chi connectivity index (χ0n) is 18.8. The van der Waals surface area contributed by atoms with Crippen molar-refractivity contribution >= 4 is 51.1 Å². The van der Waals surface area contributed by atoms with Gasteiger partial charge in [-0.15, -0.1) is 0 Å². The first-order valence-electron chi connectivity index (χ1n) is 11.1. The van der Waals surface area contributed by atoms with Crippen LogP contribution < -0.4 is 10.6 Å². The van der Waals surface area contributed by atoms with Gasteiger partial charge in [0.15, 0.2) is 0 Å². The molecule has 0 unspecified atom stereocenters. The number of pyridine rings is 1. The molecular weight excluding hydrogens is 458 g/mol. The second kappa shape index (κ2) is 8.42. The average molecular weight is 478 g/mol. The molecule has 3 aromatic carbocycles. The van der Waals surface area contributed by atoms with Crippen LogP contribution in [0.5, 0.6) is 0 Å². The zero-order chi connectivity index (χ0) is 23.9. The monoisotopic (exact) mass is 477 g/mol. The molecule has 1 aliphatic heterocycles. The van der Waals surface area contributed by atoms with Crippen LogP contribution >= 0.6 is 11.6 Å². The fraction of sp³-hybridized carbons (Fsp3) is 0.0357. The van der Waals surface area contributed by atoms with Crippen LogP contribution in [-0.4, -0.2) is 20.4 Å². The number of amides is 1. The van der Waals surface area contributed by atoms with Crippen molar-refractivity contribution in [2.24, 2.45) is 7.05 Å². The maximum absolute atomic E-state index is 13.2. The maximum Gasteiger partial charge on any atom is 0.258 e. The lowest BCUT2D eigenvalue weighted by Gasteiger charge is -2.16. The number of anilines is 2. The number of carbonyl (C=O) groups is 1. The second-order valence-corrected chi connectivity index (χ2v) is 8.81. The number of rotatable bonds is 4. The SMILES string of the molecule is Cn1ccnc1-c1ccc(N/C(=C2\C(=O)Nc3cc(Cl)ccc32)c2ccc3cccnc3c2)cc1. The molecule has 1 amide bonds. The zero-order valence-corrected chi connectivity index (χ0v) is 19.5. The Morgan fingerprint density at radius 2 is 1.83 bits per heavy atom. The summed E-state index contributed by atoms with van der Waals surface area (Å²) in [4.78, 5) is 22.1. The maximum atomic E-state index is 13.2. The first-order chi connectivity index (χ1) is 17.1. The molecule has 0 spiro atoms. The Morgan fingerprint density at radius 3 is 2.63 bits per heavy atom. The largest absolute Gasteiger partial charge is 0.354 e. The molecule has 0 aliphatic carbocycles. The third-order valence-electron chi connectivity index (χ3n) is 6.10. The van der Waals surface area contributed by atoms with Crippen molar-refractivity contribution in [3.05, 3.63) is 108 Å². The summed E-state index contributed by atoms with van der Waals surface area (Å²) in [5.41, 5.74) is 6.31. The van der Waals surface area contributed by atoms with E-state index in [0.29, 0.717) is 22.0 Å². The molecule has 35 heavy (non-hydrogen) atoms. The summed E-state index contributed by atoms with van der Waals surface area (Å²) in [6.07, 6.45) is 5.46. The van der Waals surface area contributed by atoms with E-state index >= 15 is 0 Å². The van der Waals surface area contributed by atoms with Gasteiger partial charge in [-0.1, -0.05) is 35.9 Å². The molecule has 6 rings (SSSR count). The summed E-state index contributed by atoms with van der Waals surface area (Å²) in [6.45, 7) is 0. The molecule has 0 saturated carbocycles. The summed E-state index contributed by atoms with van der Waals surface area (Å²) in [5.74, 6) is 0.701. The summed E-state index contributed by atoms with van der Waals surface area (Å²) >= 11 is 6.18. The number of imidazole rings is 1. The number of hydrogen-bond donors (Lipinski definition) is 2. The molecule has 2 aromatic heterocycles. The number of benzene rings is 3. The Hall–Kier alpha value is -4.42. The molecule has 0 atom stereocenters. The number of nitrogens with zero attached hydrogens (tertiary/aromatic N) is 3. The summed E-state index contributed by atoms with van der Waals surface area (Å²) in [6, 6.07) is 23.4. The number of hydrogen-bond acceptors (Lipinski definition) is 4. The first kappa shape index (κ1) is 21.1. The smallest absolute Gasteiger partial charge is 0.258 e. The van der Waals surface area contributed by atoms with Gasteiger partial charge in [0, 0.05) is 58.4 Å². The summed E-state index contributed by atoms with van der Waals surface area (Å²) in [7, 11) is 1.97. The molecule has 0 saturated heterocycles. The quantitative estimate of drug-likeness (QED) is 0.301. The average Bonchev–Trinajstić information content (AvgIpc) is 3.44. The van der Waals surface area contributed by atoms with E-state index in [1.54, 1.807) is 24.5 Å². The van der Waals surface area contributed by atoms with E-state index in [2.05, 4.69) is 20.6 Å². The van der Waals surface area contributed by atoms with Crippen LogP contribution in [0.2, 0.25) is 5.02 Å². The van der Waals surface area contributed by atoms with Crippen LogP contribution in [0.15, 0.2) is 91.4 Å². The van der Waals surface area contributed by atoms with E-state index in [1.807, 2.05) is 78.5 Å². The molecular formula is C28H20ClN5O. The minimum atomic E-state index is -0.185. The normalized spacial score (nSPS) is 14.1. The molecule has 1 aliphatic rings. The number of aryl methyl sites for hydroxylation is 1. The van der Waals surface area contributed by atoms with Gasteiger partial charge in [-0.05, 0) is 48.5 Å². The van der Waals surface area contributed by atoms with Gasteiger partial charge in [0.25, 0.3) is 5.91 Å². The van der Waals surface area contributed by atoms with Crippen molar-refractivity contribution in [2.45, 2.75) is 0 Å². The van der Waals surface area contributed by atoms with Gasteiger partial charge in [-0.25, -0.2) is 4.98 Å². The lowest BCUT2D eigenvalue weighted by molar-refractivity contribution is -0.110. The molecule has 2 N–H and O–H groups in total. The molecule has 5 aromatic rings. The van der Waals surface area contributed by atoms with Gasteiger partial charge in [0.2, 0.25) is 0 Å². The lowest BCUT2D eigenvalue weighted by Crippen LogP contribution is -2.10. The van der Waals surface area contributed by atoms with Crippen LogP contribution in [0.25, 0.3) is 33.6 Å². The fourth-order valence-corrected chi connectivity index (χ4v) is 4.56. The third-order valence-corrected chi connectivity index (χ3v) is 6.34. The lowest BCUT2D eigenvalue weighted by atomic mass is 9.99. The van der Waals surface area contributed by atoms with Crippen molar-refractivity contribution in [2.75, 3.05) is 10.6 Å². The highest BCUT2D eigenvalue weighted by Crippen LogP contribution is 2.39. The summed E-state index contributed by atoms with van der Waals surface area (Å²) in [5, 5.41) is 8.05. The van der Waals surface area contributed by atoms with E-state index in [1.165, 1.54) is 0 Å². The highest BCUT2D eigenvalue weighted by atomic mass is 35.5. The van der Waals surface area contributed by atoms with Gasteiger partial charge < -0.3 is 15.2 Å². The van der Waals surface area contributed by atoms with Crippen LogP contribution in [0.4, 0.5) is 11.4 Å². The number of nitrogens with one attached hydrogen (secondary N) is 2. The number of aromatic nitrogens is 3. The Labute approximate surface area is 206 Å². The fourth-order valence-electron chi connectivity index (χ4n) is 4.38. The highest BCUT2D eigenvalue weighted by molar-refractivity contribution is 6.38. The highest BCUT2D eigenvalue weighted by Gasteiger charge is 2.28. The predicted octanol–water partition coefficient (Wildman–Crippen LogP) is 6.22. The minimum Gasteiger partial charge on any atom is -0.354 e. The van der Waals surface area contributed by atoms with Crippen molar-refractivity contribution in [3.63, 3.8) is 0 Å². The number of halogens is 1. The second-order valence-electron chi connectivity index (χ2n) is 8.37. The molecule has 0 bridgehead atoms. The standard InChI is InChI=1S/C28H20ClN5O/c1-34-14-13-31-27(34)18-6-9-21(10-7-18)32-26(19-5-4-17-3-2-12-30-23(17)15-19)25-22-11-8-20(29)16-24(22)33-28(25)35/h2-16,32H,1H3,(H,33,35)/b26-25-. The van der Waals surface area contributed by atoms with Crippen molar-refractivity contribution < 1.29 is 4.79 Å². The van der Waals surface area contributed by atoms with E-state index < -0.39 is 0 Å². The van der Waals surface area contributed by atoms with Gasteiger partial charge in [0.1, 0.15) is 5.82 Å².